The minimum Gasteiger partial charge on any atom is -0.497 e. The SMILES string of the molecule is COc1cccc(CN(C(=O)C(C)C)C2CC(C(=O)N3CCNCC3)N(C(C)=O)C2)c1. The van der Waals surface area contributed by atoms with Crippen LogP contribution < -0.4 is 10.1 Å². The maximum atomic E-state index is 13.2. The van der Waals surface area contributed by atoms with Crippen LogP contribution in [0.2, 0.25) is 0 Å². The summed E-state index contributed by atoms with van der Waals surface area (Å²) in [6.45, 7) is 8.85. The van der Waals surface area contributed by atoms with Gasteiger partial charge in [0.25, 0.3) is 0 Å². The van der Waals surface area contributed by atoms with Crippen LogP contribution in [0.25, 0.3) is 0 Å². The molecular weight excluding hydrogens is 396 g/mol. The Morgan fingerprint density at radius 3 is 2.55 bits per heavy atom. The lowest BCUT2D eigenvalue weighted by Gasteiger charge is -2.32. The summed E-state index contributed by atoms with van der Waals surface area (Å²) < 4.78 is 5.32. The highest BCUT2D eigenvalue weighted by atomic mass is 16.5. The molecule has 2 fully saturated rings. The number of hydrogen-bond acceptors (Lipinski definition) is 5. The molecule has 1 N–H and O–H groups in total. The lowest BCUT2D eigenvalue weighted by Crippen LogP contribution is -2.53. The molecule has 8 nitrogen and oxygen atoms in total. The molecule has 8 heteroatoms. The lowest BCUT2D eigenvalue weighted by atomic mass is 10.1. The van der Waals surface area contributed by atoms with Gasteiger partial charge in [-0.3, -0.25) is 14.4 Å². The van der Waals surface area contributed by atoms with Crippen LogP contribution in [0.1, 0.15) is 32.8 Å². The summed E-state index contributed by atoms with van der Waals surface area (Å²) in [5, 5.41) is 3.25. The number of methoxy groups -OCH3 is 1. The van der Waals surface area contributed by atoms with Crippen LogP contribution in [-0.2, 0) is 20.9 Å². The highest BCUT2D eigenvalue weighted by Gasteiger charge is 2.43. The Balaban J connectivity index is 1.83. The molecule has 170 valence electrons. The lowest BCUT2D eigenvalue weighted by molar-refractivity contribution is -0.143. The van der Waals surface area contributed by atoms with E-state index in [1.54, 1.807) is 12.0 Å². The predicted octanol–water partition coefficient (Wildman–Crippen LogP) is 1.10. The summed E-state index contributed by atoms with van der Waals surface area (Å²) in [4.78, 5) is 44.0. The van der Waals surface area contributed by atoms with Crippen LogP contribution in [0.4, 0.5) is 0 Å². The van der Waals surface area contributed by atoms with Gasteiger partial charge in [-0.2, -0.15) is 0 Å². The van der Waals surface area contributed by atoms with E-state index < -0.39 is 6.04 Å². The minimum absolute atomic E-state index is 0.0162. The monoisotopic (exact) mass is 430 g/mol. The van der Waals surface area contributed by atoms with E-state index in [-0.39, 0.29) is 29.7 Å². The van der Waals surface area contributed by atoms with Gasteiger partial charge in [0.2, 0.25) is 17.7 Å². The van der Waals surface area contributed by atoms with Crippen LogP contribution in [0.15, 0.2) is 24.3 Å². The second-order valence-corrected chi connectivity index (χ2v) is 8.62. The molecule has 2 atom stereocenters. The van der Waals surface area contributed by atoms with Crippen molar-refractivity contribution in [3.8, 4) is 5.75 Å². The number of nitrogens with one attached hydrogen (secondary N) is 1. The Morgan fingerprint density at radius 2 is 1.94 bits per heavy atom. The summed E-state index contributed by atoms with van der Waals surface area (Å²) in [7, 11) is 1.62. The standard InChI is InChI=1S/C23H34N4O4/c1-16(2)22(29)27(14-18-6-5-7-20(12-18)31-4)19-13-21(26(15-19)17(3)28)23(30)25-10-8-24-9-11-25/h5-7,12,16,19,21,24H,8-11,13-15H2,1-4H3. The van der Waals surface area contributed by atoms with Crippen molar-refractivity contribution in [2.45, 2.75) is 45.8 Å². The van der Waals surface area contributed by atoms with Gasteiger partial charge in [0.15, 0.2) is 0 Å². The number of carbonyl (C=O) groups excluding carboxylic acids is 3. The topological polar surface area (TPSA) is 82.2 Å². The number of likely N-dealkylation sites (tertiary alicyclic amines) is 1. The van der Waals surface area contributed by atoms with Crippen molar-refractivity contribution >= 4 is 17.7 Å². The van der Waals surface area contributed by atoms with Gasteiger partial charge in [-0.1, -0.05) is 26.0 Å². The maximum Gasteiger partial charge on any atom is 0.245 e. The Labute approximate surface area is 184 Å². The van der Waals surface area contributed by atoms with E-state index in [1.165, 1.54) is 6.92 Å². The molecule has 2 unspecified atom stereocenters. The van der Waals surface area contributed by atoms with E-state index in [4.69, 9.17) is 4.74 Å². The van der Waals surface area contributed by atoms with Crippen molar-refractivity contribution in [1.82, 2.24) is 20.0 Å². The number of carbonyl (C=O) groups is 3. The molecule has 0 aromatic heterocycles. The van der Waals surface area contributed by atoms with Gasteiger partial charge in [-0.15, -0.1) is 0 Å². The molecule has 1 aromatic rings. The van der Waals surface area contributed by atoms with Crippen LogP contribution in [-0.4, -0.2) is 84.3 Å². The first-order chi connectivity index (χ1) is 14.8. The molecular formula is C23H34N4O4. The van der Waals surface area contributed by atoms with Crippen molar-refractivity contribution in [2.75, 3.05) is 39.8 Å². The van der Waals surface area contributed by atoms with E-state index in [0.717, 1.165) is 24.4 Å². The van der Waals surface area contributed by atoms with E-state index in [0.29, 0.717) is 32.6 Å². The molecule has 1 aromatic carbocycles. The molecule has 0 bridgehead atoms. The summed E-state index contributed by atoms with van der Waals surface area (Å²) in [5.41, 5.74) is 0.958. The smallest absolute Gasteiger partial charge is 0.245 e. The normalized spacial score (nSPS) is 21.3. The highest BCUT2D eigenvalue weighted by molar-refractivity contribution is 5.88. The van der Waals surface area contributed by atoms with Crippen molar-refractivity contribution in [3.05, 3.63) is 29.8 Å². The first kappa shape index (κ1) is 23.1. The van der Waals surface area contributed by atoms with Crippen LogP contribution in [0, 0.1) is 5.92 Å². The number of hydrogen-bond donors (Lipinski definition) is 1. The Morgan fingerprint density at radius 1 is 1.23 bits per heavy atom. The van der Waals surface area contributed by atoms with Gasteiger partial charge >= 0.3 is 0 Å². The first-order valence-electron chi connectivity index (χ1n) is 11.0. The van der Waals surface area contributed by atoms with E-state index in [9.17, 15) is 14.4 Å². The number of amides is 3. The molecule has 0 saturated carbocycles. The predicted molar refractivity (Wildman–Crippen MR) is 117 cm³/mol. The number of piperazine rings is 1. The van der Waals surface area contributed by atoms with Crippen LogP contribution in [0.5, 0.6) is 5.75 Å². The maximum absolute atomic E-state index is 13.2. The van der Waals surface area contributed by atoms with Crippen LogP contribution in [0.3, 0.4) is 0 Å². The van der Waals surface area contributed by atoms with E-state index >= 15 is 0 Å². The molecule has 0 radical (unpaired) electrons. The zero-order valence-electron chi connectivity index (χ0n) is 19.0. The third-order valence-electron chi connectivity index (χ3n) is 6.10. The second kappa shape index (κ2) is 10.1. The quantitative estimate of drug-likeness (QED) is 0.731. The third-order valence-corrected chi connectivity index (χ3v) is 6.10. The van der Waals surface area contributed by atoms with E-state index in [1.807, 2.05) is 47.9 Å². The summed E-state index contributed by atoms with van der Waals surface area (Å²) >= 11 is 0. The second-order valence-electron chi connectivity index (χ2n) is 8.62. The minimum atomic E-state index is -0.520. The van der Waals surface area contributed by atoms with Crippen molar-refractivity contribution in [1.29, 1.82) is 0 Å². The van der Waals surface area contributed by atoms with Gasteiger partial charge in [0, 0.05) is 52.1 Å². The summed E-state index contributed by atoms with van der Waals surface area (Å²) in [6, 6.07) is 6.92. The molecule has 2 saturated heterocycles. The number of nitrogens with zero attached hydrogens (tertiary/aromatic N) is 3. The number of benzene rings is 1. The Bertz CT molecular complexity index is 807. The molecule has 0 aliphatic carbocycles. The zero-order valence-corrected chi connectivity index (χ0v) is 19.0. The van der Waals surface area contributed by atoms with Gasteiger partial charge < -0.3 is 24.8 Å². The summed E-state index contributed by atoms with van der Waals surface area (Å²) in [6.07, 6.45) is 0.463. The Hall–Kier alpha value is -2.61. The zero-order chi connectivity index (χ0) is 22.5. The van der Waals surface area contributed by atoms with E-state index in [2.05, 4.69) is 5.32 Å². The molecule has 0 spiro atoms. The van der Waals surface area contributed by atoms with Crippen LogP contribution >= 0.6 is 0 Å². The Kier molecular flexibility index (Phi) is 7.54. The van der Waals surface area contributed by atoms with Gasteiger partial charge in [-0.05, 0) is 24.1 Å². The molecule has 31 heavy (non-hydrogen) atoms. The van der Waals surface area contributed by atoms with Crippen molar-refractivity contribution in [2.24, 2.45) is 5.92 Å². The summed E-state index contributed by atoms with van der Waals surface area (Å²) in [5.74, 6) is 0.427. The van der Waals surface area contributed by atoms with Crippen molar-refractivity contribution in [3.63, 3.8) is 0 Å². The fourth-order valence-electron chi connectivity index (χ4n) is 4.40. The average Bonchev–Trinajstić information content (AvgIpc) is 3.22. The molecule has 2 heterocycles. The highest BCUT2D eigenvalue weighted by Crippen LogP contribution is 2.27. The molecule has 2 aliphatic heterocycles. The molecule has 2 aliphatic rings. The molecule has 3 amide bonds. The molecule has 3 rings (SSSR count). The van der Waals surface area contributed by atoms with Gasteiger partial charge in [0.05, 0.1) is 13.2 Å². The first-order valence-corrected chi connectivity index (χ1v) is 11.0. The number of ether oxygens (including phenoxy) is 1. The van der Waals surface area contributed by atoms with Crippen molar-refractivity contribution < 1.29 is 19.1 Å². The van der Waals surface area contributed by atoms with Gasteiger partial charge in [-0.25, -0.2) is 0 Å². The largest absolute Gasteiger partial charge is 0.497 e. The third kappa shape index (κ3) is 5.36. The number of rotatable bonds is 6. The van der Waals surface area contributed by atoms with Gasteiger partial charge in [0.1, 0.15) is 11.8 Å². The fraction of sp³-hybridized carbons (Fsp3) is 0.609. The average molecular weight is 431 g/mol. The fourth-order valence-corrected chi connectivity index (χ4v) is 4.40.